The highest BCUT2D eigenvalue weighted by Gasteiger charge is 2.21. The fourth-order valence-electron chi connectivity index (χ4n) is 2.45. The summed E-state index contributed by atoms with van der Waals surface area (Å²) >= 11 is 0. The Labute approximate surface area is 147 Å². The van der Waals surface area contributed by atoms with Gasteiger partial charge in [0.25, 0.3) is 0 Å². The smallest absolute Gasteiger partial charge is 0.330 e. The number of rotatable bonds is 9. The summed E-state index contributed by atoms with van der Waals surface area (Å²) in [4.78, 5) is 23.4. The maximum Gasteiger partial charge on any atom is 0.330 e. The lowest BCUT2D eigenvalue weighted by Crippen LogP contribution is -2.33. The van der Waals surface area contributed by atoms with E-state index in [0.29, 0.717) is 18.6 Å². The maximum atomic E-state index is 12.0. The molecule has 2 aromatic carbocycles. The lowest BCUT2D eigenvalue weighted by molar-refractivity contribution is -0.142. The number of hydrogen-bond donors (Lipinski definition) is 2. The van der Waals surface area contributed by atoms with Crippen molar-refractivity contribution in [1.29, 1.82) is 0 Å². The number of amides is 1. The van der Waals surface area contributed by atoms with E-state index in [4.69, 9.17) is 4.74 Å². The molecule has 5 heteroatoms. The number of carbonyl (C=O) groups excluding carboxylic acids is 1. The van der Waals surface area contributed by atoms with Gasteiger partial charge in [0, 0.05) is 6.42 Å². The summed E-state index contributed by atoms with van der Waals surface area (Å²) in [5.74, 6) is -0.520. The van der Waals surface area contributed by atoms with Crippen molar-refractivity contribution >= 4 is 11.9 Å². The van der Waals surface area contributed by atoms with Crippen LogP contribution < -0.4 is 10.1 Å². The zero-order valence-corrected chi connectivity index (χ0v) is 14.3. The second-order valence-corrected chi connectivity index (χ2v) is 5.87. The van der Waals surface area contributed by atoms with Crippen molar-refractivity contribution in [3.8, 4) is 5.75 Å². The molecule has 0 aliphatic carbocycles. The van der Waals surface area contributed by atoms with Gasteiger partial charge < -0.3 is 15.2 Å². The van der Waals surface area contributed by atoms with Gasteiger partial charge in [-0.3, -0.25) is 4.79 Å². The van der Waals surface area contributed by atoms with E-state index < -0.39 is 12.0 Å². The molecule has 0 aromatic heterocycles. The third-order valence-electron chi connectivity index (χ3n) is 3.74. The van der Waals surface area contributed by atoms with E-state index in [1.165, 1.54) is 0 Å². The van der Waals surface area contributed by atoms with Crippen LogP contribution in [0.25, 0.3) is 0 Å². The monoisotopic (exact) mass is 341 g/mol. The number of benzene rings is 2. The Hall–Kier alpha value is -2.82. The first kappa shape index (κ1) is 18.5. The number of nitrogens with one attached hydrogen (secondary N) is 1. The Morgan fingerprint density at radius 3 is 2.52 bits per heavy atom. The van der Waals surface area contributed by atoms with Crippen LogP contribution in [0.1, 0.15) is 36.4 Å². The molecule has 0 spiro atoms. The summed E-state index contributed by atoms with van der Waals surface area (Å²) in [6.45, 7) is 2.53. The molecule has 1 atom stereocenters. The predicted molar refractivity (Wildman–Crippen MR) is 95.5 cm³/mol. The van der Waals surface area contributed by atoms with Crippen LogP contribution in [-0.4, -0.2) is 23.6 Å². The third-order valence-corrected chi connectivity index (χ3v) is 3.74. The average molecular weight is 341 g/mol. The largest absolute Gasteiger partial charge is 0.494 e. The van der Waals surface area contributed by atoms with Crippen LogP contribution in [0.5, 0.6) is 5.75 Å². The van der Waals surface area contributed by atoms with Gasteiger partial charge >= 0.3 is 5.97 Å². The average Bonchev–Trinajstić information content (AvgIpc) is 2.60. The molecular weight excluding hydrogens is 318 g/mol. The minimum absolute atomic E-state index is 0.271. The molecule has 25 heavy (non-hydrogen) atoms. The van der Waals surface area contributed by atoms with Crippen molar-refractivity contribution in [3.05, 3.63) is 65.7 Å². The van der Waals surface area contributed by atoms with Crippen molar-refractivity contribution in [2.75, 3.05) is 6.61 Å². The minimum atomic E-state index is -1.07. The van der Waals surface area contributed by atoms with Crippen LogP contribution in [0.4, 0.5) is 0 Å². The van der Waals surface area contributed by atoms with Gasteiger partial charge in [0.2, 0.25) is 5.91 Å². The summed E-state index contributed by atoms with van der Waals surface area (Å²) < 4.78 is 5.63. The van der Waals surface area contributed by atoms with Crippen molar-refractivity contribution in [2.24, 2.45) is 0 Å². The topological polar surface area (TPSA) is 75.6 Å². The molecule has 0 aliphatic rings. The SMILES string of the molecule is Cc1cccc(OCCCCC(=O)N[C@@H](C(=O)O)c2ccccc2)c1. The highest BCUT2D eigenvalue weighted by Crippen LogP contribution is 2.14. The first-order valence-electron chi connectivity index (χ1n) is 8.33. The summed E-state index contributed by atoms with van der Waals surface area (Å²) in [5.41, 5.74) is 1.70. The van der Waals surface area contributed by atoms with Gasteiger partial charge in [0.15, 0.2) is 6.04 Å². The molecule has 0 radical (unpaired) electrons. The fraction of sp³-hybridized carbons (Fsp3) is 0.300. The quantitative estimate of drug-likeness (QED) is 0.685. The first-order chi connectivity index (χ1) is 12.1. The zero-order chi connectivity index (χ0) is 18.1. The molecule has 132 valence electrons. The second-order valence-electron chi connectivity index (χ2n) is 5.87. The molecule has 2 aromatic rings. The van der Waals surface area contributed by atoms with E-state index in [-0.39, 0.29) is 12.3 Å². The normalized spacial score (nSPS) is 11.6. The van der Waals surface area contributed by atoms with E-state index in [1.807, 2.05) is 31.2 Å². The lowest BCUT2D eigenvalue weighted by atomic mass is 10.1. The number of aryl methyl sites for hydroxylation is 1. The molecule has 0 saturated heterocycles. The number of unbranched alkanes of at least 4 members (excludes halogenated alkanes) is 1. The maximum absolute atomic E-state index is 12.0. The number of carboxylic acid groups (broad SMARTS) is 1. The van der Waals surface area contributed by atoms with Crippen LogP contribution in [0.15, 0.2) is 54.6 Å². The van der Waals surface area contributed by atoms with Gasteiger partial charge in [-0.05, 0) is 43.0 Å². The number of hydrogen-bond acceptors (Lipinski definition) is 3. The van der Waals surface area contributed by atoms with Gasteiger partial charge in [-0.25, -0.2) is 4.79 Å². The number of ether oxygens (including phenoxy) is 1. The molecule has 0 saturated carbocycles. The summed E-state index contributed by atoms with van der Waals surface area (Å²) in [6, 6.07) is 15.5. The Morgan fingerprint density at radius 2 is 1.84 bits per heavy atom. The molecule has 0 bridgehead atoms. The fourth-order valence-corrected chi connectivity index (χ4v) is 2.45. The van der Waals surface area contributed by atoms with Gasteiger partial charge in [-0.1, -0.05) is 42.5 Å². The van der Waals surface area contributed by atoms with E-state index in [0.717, 1.165) is 17.7 Å². The standard InChI is InChI=1S/C20H23NO4/c1-15-8-7-11-17(14-15)25-13-6-5-12-18(22)21-19(20(23)24)16-9-3-2-4-10-16/h2-4,7-11,14,19H,5-6,12-13H2,1H3,(H,21,22)(H,23,24)/t19-/m1/s1. The molecule has 0 aliphatic heterocycles. The van der Waals surface area contributed by atoms with Crippen LogP contribution in [0.3, 0.4) is 0 Å². The van der Waals surface area contributed by atoms with Crippen molar-refractivity contribution in [1.82, 2.24) is 5.32 Å². The van der Waals surface area contributed by atoms with Crippen LogP contribution in [-0.2, 0) is 9.59 Å². The molecule has 2 rings (SSSR count). The van der Waals surface area contributed by atoms with Gasteiger partial charge in [-0.15, -0.1) is 0 Å². The molecule has 0 fully saturated rings. The van der Waals surface area contributed by atoms with Crippen LogP contribution in [0.2, 0.25) is 0 Å². The van der Waals surface area contributed by atoms with Gasteiger partial charge in [0.05, 0.1) is 6.61 Å². The molecular formula is C20H23NO4. The highest BCUT2D eigenvalue weighted by atomic mass is 16.5. The van der Waals surface area contributed by atoms with E-state index in [1.54, 1.807) is 30.3 Å². The second kappa shape index (κ2) is 9.47. The van der Waals surface area contributed by atoms with Crippen LogP contribution in [0, 0.1) is 6.92 Å². The van der Waals surface area contributed by atoms with Crippen LogP contribution >= 0.6 is 0 Å². The number of carbonyl (C=O) groups is 2. The Bertz CT molecular complexity index is 700. The minimum Gasteiger partial charge on any atom is -0.494 e. The summed E-state index contributed by atoms with van der Waals surface area (Å²) in [7, 11) is 0. The zero-order valence-electron chi connectivity index (χ0n) is 14.3. The number of carboxylic acids is 1. The Balaban J connectivity index is 1.71. The molecule has 2 N–H and O–H groups in total. The Morgan fingerprint density at radius 1 is 1.08 bits per heavy atom. The Kier molecular flexibility index (Phi) is 7.01. The third kappa shape index (κ3) is 6.30. The molecule has 0 unspecified atom stereocenters. The van der Waals surface area contributed by atoms with Crippen molar-refractivity contribution < 1.29 is 19.4 Å². The van der Waals surface area contributed by atoms with Crippen molar-refractivity contribution in [2.45, 2.75) is 32.2 Å². The number of aliphatic carboxylic acids is 1. The van der Waals surface area contributed by atoms with Gasteiger partial charge in [-0.2, -0.15) is 0 Å². The van der Waals surface area contributed by atoms with Gasteiger partial charge in [0.1, 0.15) is 5.75 Å². The molecule has 0 heterocycles. The van der Waals surface area contributed by atoms with E-state index in [2.05, 4.69) is 5.32 Å². The molecule has 1 amide bonds. The summed E-state index contributed by atoms with van der Waals surface area (Å²) in [5, 5.41) is 11.9. The summed E-state index contributed by atoms with van der Waals surface area (Å²) in [6.07, 6.45) is 1.64. The van der Waals surface area contributed by atoms with E-state index in [9.17, 15) is 14.7 Å². The molecule has 5 nitrogen and oxygen atoms in total. The lowest BCUT2D eigenvalue weighted by Gasteiger charge is -2.15. The first-order valence-corrected chi connectivity index (χ1v) is 8.33. The highest BCUT2D eigenvalue weighted by molar-refractivity contribution is 5.84. The van der Waals surface area contributed by atoms with Crippen molar-refractivity contribution in [3.63, 3.8) is 0 Å². The van der Waals surface area contributed by atoms with E-state index >= 15 is 0 Å². The predicted octanol–water partition coefficient (Wildman–Crippen LogP) is 3.49.